The number of carboxylic acids is 1. The Morgan fingerprint density at radius 2 is 1.93 bits per heavy atom. The molecule has 0 bridgehead atoms. The lowest BCUT2D eigenvalue weighted by Crippen LogP contribution is -2.20. The first-order valence-corrected chi connectivity index (χ1v) is 10.6. The maximum Gasteiger partial charge on any atom is 0.335 e. The molecule has 27 heavy (non-hydrogen) atoms. The Hall–Kier alpha value is -1.36. The highest BCUT2D eigenvalue weighted by molar-refractivity contribution is 9.09. The van der Waals surface area contributed by atoms with E-state index in [9.17, 15) is 4.79 Å². The molecule has 0 radical (unpaired) electrons. The molecule has 1 aliphatic rings. The molecule has 1 fully saturated rings. The standard InChI is InChI=1S/C22H24BrClO3/c23-21-10-8-18(20(21)9-7-15-3-2-6-19(24)12-15)14-27-13-16-4-1-5-17(11-16)22(25)26/h1-6,11-12,18,20-21H,7-10,13-14H2,(H,25,26)/t18-,20-,21?/m1/s1. The fraction of sp³-hybridized carbons (Fsp3) is 0.409. The molecule has 0 aromatic heterocycles. The van der Waals surface area contributed by atoms with Crippen molar-refractivity contribution in [1.82, 2.24) is 0 Å². The molecule has 2 aromatic carbocycles. The Morgan fingerprint density at radius 3 is 2.70 bits per heavy atom. The number of ether oxygens (including phenoxy) is 1. The summed E-state index contributed by atoms with van der Waals surface area (Å²) in [5.74, 6) is 0.196. The lowest BCUT2D eigenvalue weighted by atomic mass is 9.90. The largest absolute Gasteiger partial charge is 0.478 e. The average molecular weight is 452 g/mol. The van der Waals surface area contributed by atoms with Crippen LogP contribution in [0.25, 0.3) is 0 Å². The van der Waals surface area contributed by atoms with Crippen molar-refractivity contribution >= 4 is 33.5 Å². The van der Waals surface area contributed by atoms with E-state index in [2.05, 4.69) is 22.0 Å². The third-order valence-electron chi connectivity index (χ3n) is 5.31. The van der Waals surface area contributed by atoms with Crippen molar-refractivity contribution in [3.8, 4) is 0 Å². The van der Waals surface area contributed by atoms with Gasteiger partial charge in [-0.2, -0.15) is 0 Å². The Labute approximate surface area is 173 Å². The molecular formula is C22H24BrClO3. The maximum atomic E-state index is 11.1. The molecule has 2 aromatic rings. The molecule has 1 aliphatic carbocycles. The van der Waals surface area contributed by atoms with Crippen LogP contribution < -0.4 is 0 Å². The van der Waals surface area contributed by atoms with Gasteiger partial charge in [-0.3, -0.25) is 0 Å². The van der Waals surface area contributed by atoms with Crippen LogP contribution >= 0.6 is 27.5 Å². The van der Waals surface area contributed by atoms with Crippen molar-refractivity contribution in [2.75, 3.05) is 6.61 Å². The van der Waals surface area contributed by atoms with Crippen LogP contribution in [0.15, 0.2) is 48.5 Å². The summed E-state index contributed by atoms with van der Waals surface area (Å²) in [7, 11) is 0. The Balaban J connectivity index is 1.51. The predicted molar refractivity (Wildman–Crippen MR) is 112 cm³/mol. The number of carboxylic acid groups (broad SMARTS) is 1. The van der Waals surface area contributed by atoms with Crippen LogP contribution in [0.3, 0.4) is 0 Å². The Bertz CT molecular complexity index is 780. The van der Waals surface area contributed by atoms with Gasteiger partial charge in [-0.25, -0.2) is 4.79 Å². The second kappa shape index (κ2) is 9.72. The minimum atomic E-state index is -0.907. The number of alkyl halides is 1. The number of hydrogen-bond acceptors (Lipinski definition) is 2. The molecule has 0 saturated heterocycles. The molecule has 144 valence electrons. The number of carbonyl (C=O) groups is 1. The SMILES string of the molecule is O=C(O)c1cccc(COC[C@H]2CCC(Br)[C@@H]2CCc2cccc(Cl)c2)c1. The van der Waals surface area contributed by atoms with Gasteiger partial charge in [-0.15, -0.1) is 0 Å². The van der Waals surface area contributed by atoms with E-state index in [1.54, 1.807) is 18.2 Å². The van der Waals surface area contributed by atoms with Crippen LogP contribution in [0.2, 0.25) is 5.02 Å². The minimum absolute atomic E-state index is 0.303. The fourth-order valence-electron chi connectivity index (χ4n) is 3.87. The van der Waals surface area contributed by atoms with Crippen molar-refractivity contribution in [2.24, 2.45) is 11.8 Å². The Morgan fingerprint density at radius 1 is 1.15 bits per heavy atom. The van der Waals surface area contributed by atoms with Crippen LogP contribution in [0, 0.1) is 11.8 Å². The summed E-state index contributed by atoms with van der Waals surface area (Å²) in [6.07, 6.45) is 4.46. The van der Waals surface area contributed by atoms with E-state index in [-0.39, 0.29) is 0 Å². The highest BCUT2D eigenvalue weighted by Gasteiger charge is 2.34. The van der Waals surface area contributed by atoms with Crippen molar-refractivity contribution in [1.29, 1.82) is 0 Å². The van der Waals surface area contributed by atoms with Crippen molar-refractivity contribution in [2.45, 2.75) is 37.1 Å². The van der Waals surface area contributed by atoms with E-state index in [0.717, 1.165) is 29.8 Å². The van der Waals surface area contributed by atoms with E-state index < -0.39 is 5.97 Å². The lowest BCUT2D eigenvalue weighted by molar-refractivity contribution is 0.0691. The lowest BCUT2D eigenvalue weighted by Gasteiger charge is -2.22. The zero-order chi connectivity index (χ0) is 19.2. The molecule has 0 heterocycles. The first-order chi connectivity index (χ1) is 13.0. The van der Waals surface area contributed by atoms with Crippen LogP contribution in [0.4, 0.5) is 0 Å². The normalized spacial score (nSPS) is 22.1. The number of rotatable bonds is 8. The van der Waals surface area contributed by atoms with Gasteiger partial charge in [0.25, 0.3) is 0 Å². The van der Waals surface area contributed by atoms with Crippen LogP contribution in [-0.2, 0) is 17.8 Å². The van der Waals surface area contributed by atoms with Gasteiger partial charge in [0, 0.05) is 9.85 Å². The van der Waals surface area contributed by atoms with E-state index in [4.69, 9.17) is 21.4 Å². The molecule has 1 N–H and O–H groups in total. The average Bonchev–Trinajstić information content (AvgIpc) is 3.00. The van der Waals surface area contributed by atoms with E-state index in [0.29, 0.717) is 35.4 Å². The van der Waals surface area contributed by atoms with Gasteiger partial charge in [0.05, 0.1) is 18.8 Å². The first kappa shape index (κ1) is 20.4. The first-order valence-electron chi connectivity index (χ1n) is 9.31. The summed E-state index contributed by atoms with van der Waals surface area (Å²) in [6, 6.07) is 15.0. The van der Waals surface area contributed by atoms with Crippen LogP contribution in [0.5, 0.6) is 0 Å². The third kappa shape index (κ3) is 5.81. The van der Waals surface area contributed by atoms with Crippen molar-refractivity contribution in [3.05, 3.63) is 70.2 Å². The topological polar surface area (TPSA) is 46.5 Å². The summed E-state index contributed by atoms with van der Waals surface area (Å²) in [6.45, 7) is 1.16. The minimum Gasteiger partial charge on any atom is -0.478 e. The quantitative estimate of drug-likeness (QED) is 0.502. The smallest absolute Gasteiger partial charge is 0.335 e. The summed E-state index contributed by atoms with van der Waals surface area (Å²) in [5, 5.41) is 9.88. The molecule has 5 heteroatoms. The van der Waals surface area contributed by atoms with Gasteiger partial charge < -0.3 is 9.84 Å². The van der Waals surface area contributed by atoms with Crippen LogP contribution in [0.1, 0.15) is 40.7 Å². The molecule has 3 rings (SSSR count). The predicted octanol–water partition coefficient (Wildman–Crippen LogP) is 5.98. The molecule has 1 saturated carbocycles. The number of aromatic carboxylic acids is 1. The van der Waals surface area contributed by atoms with E-state index in [1.807, 2.05) is 24.3 Å². The summed E-state index contributed by atoms with van der Waals surface area (Å²) >= 11 is 9.94. The number of hydrogen-bond donors (Lipinski definition) is 1. The monoisotopic (exact) mass is 450 g/mol. The number of benzene rings is 2. The number of halogens is 2. The highest BCUT2D eigenvalue weighted by atomic mass is 79.9. The number of aryl methyl sites for hydroxylation is 1. The molecule has 0 aliphatic heterocycles. The summed E-state index contributed by atoms with van der Waals surface area (Å²) in [5.41, 5.74) is 2.48. The molecular weight excluding hydrogens is 428 g/mol. The molecule has 0 spiro atoms. The van der Waals surface area contributed by atoms with Crippen molar-refractivity contribution < 1.29 is 14.6 Å². The molecule has 1 unspecified atom stereocenters. The van der Waals surface area contributed by atoms with Gasteiger partial charge in [0.1, 0.15) is 0 Å². The summed E-state index contributed by atoms with van der Waals surface area (Å²) < 4.78 is 5.95. The fourth-order valence-corrected chi connectivity index (χ4v) is 5.04. The highest BCUT2D eigenvalue weighted by Crippen LogP contribution is 2.40. The summed E-state index contributed by atoms with van der Waals surface area (Å²) in [4.78, 5) is 11.6. The van der Waals surface area contributed by atoms with Crippen LogP contribution in [-0.4, -0.2) is 22.5 Å². The van der Waals surface area contributed by atoms with Gasteiger partial charge in [0.15, 0.2) is 0 Å². The zero-order valence-electron chi connectivity index (χ0n) is 15.1. The molecule has 3 atom stereocenters. The van der Waals surface area contributed by atoms with E-state index >= 15 is 0 Å². The second-order valence-electron chi connectivity index (χ2n) is 7.21. The molecule has 0 amide bonds. The Kier molecular flexibility index (Phi) is 7.33. The van der Waals surface area contributed by atoms with Gasteiger partial charge in [-0.1, -0.05) is 51.8 Å². The zero-order valence-corrected chi connectivity index (χ0v) is 17.5. The van der Waals surface area contributed by atoms with Gasteiger partial charge >= 0.3 is 5.97 Å². The van der Waals surface area contributed by atoms with Gasteiger partial charge in [0.2, 0.25) is 0 Å². The van der Waals surface area contributed by atoms with Gasteiger partial charge in [-0.05, 0) is 72.9 Å². The third-order valence-corrected chi connectivity index (χ3v) is 6.69. The second-order valence-corrected chi connectivity index (χ2v) is 8.82. The maximum absolute atomic E-state index is 11.1. The van der Waals surface area contributed by atoms with Crippen molar-refractivity contribution in [3.63, 3.8) is 0 Å². The molecule has 3 nitrogen and oxygen atoms in total. The van der Waals surface area contributed by atoms with E-state index in [1.165, 1.54) is 12.0 Å².